The van der Waals surface area contributed by atoms with Gasteiger partial charge in [0.2, 0.25) is 0 Å². The van der Waals surface area contributed by atoms with Gasteiger partial charge in [0, 0.05) is 3.92 Å². The van der Waals surface area contributed by atoms with Crippen LogP contribution in [0.15, 0.2) is 24.3 Å². The van der Waals surface area contributed by atoms with Crippen molar-refractivity contribution in [3.63, 3.8) is 0 Å². The Kier molecular flexibility index (Phi) is 3.63. The van der Waals surface area contributed by atoms with Crippen LogP contribution in [0.1, 0.15) is 42.7 Å². The minimum Gasteiger partial charge on any atom is -0.192 e. The molecule has 1 aliphatic carbocycles. The Bertz CT molecular complexity index is 355. The second kappa shape index (κ2) is 4.98. The zero-order valence-electron chi connectivity index (χ0n) is 8.62. The number of nitriles is 1. The fraction of sp³-hybridized carbons (Fsp3) is 0.462. The Labute approximate surface area is 105 Å². The zero-order valence-corrected chi connectivity index (χ0v) is 10.8. The van der Waals surface area contributed by atoms with Gasteiger partial charge >= 0.3 is 0 Å². The average molecular weight is 311 g/mol. The summed E-state index contributed by atoms with van der Waals surface area (Å²) in [6.07, 6.45) is 5.29. The second-order valence-corrected chi connectivity index (χ2v) is 5.94. The van der Waals surface area contributed by atoms with Gasteiger partial charge in [-0.2, -0.15) is 5.26 Å². The van der Waals surface area contributed by atoms with Gasteiger partial charge in [-0.3, -0.25) is 0 Å². The Morgan fingerprint density at radius 1 is 1.07 bits per heavy atom. The van der Waals surface area contributed by atoms with Gasteiger partial charge in [0.1, 0.15) is 0 Å². The molecule has 78 valence electrons. The molecule has 1 nitrogen and oxygen atoms in total. The molecular weight excluding hydrogens is 297 g/mol. The molecule has 0 spiro atoms. The summed E-state index contributed by atoms with van der Waals surface area (Å²) < 4.78 is 0.872. The number of hydrogen-bond donors (Lipinski definition) is 0. The molecule has 0 aromatic heterocycles. The lowest BCUT2D eigenvalue weighted by molar-refractivity contribution is 0.462. The van der Waals surface area contributed by atoms with Crippen molar-refractivity contribution >= 4 is 22.6 Å². The third-order valence-corrected chi connectivity index (χ3v) is 4.41. The first-order valence-electron chi connectivity index (χ1n) is 5.43. The molecule has 0 heterocycles. The van der Waals surface area contributed by atoms with Crippen LogP contribution >= 0.6 is 22.6 Å². The number of hydrogen-bond acceptors (Lipinski definition) is 1. The quantitative estimate of drug-likeness (QED) is 0.568. The molecule has 1 aliphatic rings. The van der Waals surface area contributed by atoms with Crippen LogP contribution in [0.4, 0.5) is 0 Å². The van der Waals surface area contributed by atoms with E-state index in [2.05, 4.69) is 40.8 Å². The van der Waals surface area contributed by atoms with Gasteiger partial charge in [-0.05, 0) is 49.3 Å². The Balaban J connectivity index is 2.07. The number of benzene rings is 1. The molecule has 0 radical (unpaired) electrons. The largest absolute Gasteiger partial charge is 0.192 e. The molecule has 15 heavy (non-hydrogen) atoms. The smallest absolute Gasteiger partial charge is 0.0991 e. The predicted octanol–water partition coefficient (Wildman–Crippen LogP) is 4.02. The van der Waals surface area contributed by atoms with E-state index in [1.807, 2.05) is 12.1 Å². The van der Waals surface area contributed by atoms with Crippen LogP contribution < -0.4 is 0 Å². The average Bonchev–Trinajstić information content (AvgIpc) is 2.30. The van der Waals surface area contributed by atoms with Gasteiger partial charge in [-0.25, -0.2) is 0 Å². The maximum Gasteiger partial charge on any atom is 0.0991 e. The van der Waals surface area contributed by atoms with Crippen LogP contribution in [0.25, 0.3) is 0 Å². The summed E-state index contributed by atoms with van der Waals surface area (Å²) in [5.41, 5.74) is 2.18. The molecule has 1 aromatic rings. The molecule has 1 aromatic carbocycles. The van der Waals surface area contributed by atoms with Crippen molar-refractivity contribution in [2.45, 2.75) is 35.5 Å². The van der Waals surface area contributed by atoms with Gasteiger partial charge in [0.05, 0.1) is 11.6 Å². The maximum atomic E-state index is 8.72. The highest BCUT2D eigenvalue weighted by atomic mass is 127. The highest BCUT2D eigenvalue weighted by Crippen LogP contribution is 2.35. The zero-order chi connectivity index (χ0) is 10.7. The van der Waals surface area contributed by atoms with Gasteiger partial charge in [0.15, 0.2) is 0 Å². The highest BCUT2D eigenvalue weighted by molar-refractivity contribution is 14.1. The lowest BCUT2D eigenvalue weighted by atomic mass is 9.84. The van der Waals surface area contributed by atoms with Crippen LogP contribution in [0.5, 0.6) is 0 Å². The van der Waals surface area contributed by atoms with E-state index >= 15 is 0 Å². The summed E-state index contributed by atoms with van der Waals surface area (Å²) in [6, 6.07) is 10.3. The first-order valence-corrected chi connectivity index (χ1v) is 6.68. The first kappa shape index (κ1) is 10.9. The van der Waals surface area contributed by atoms with E-state index in [0.717, 1.165) is 15.4 Å². The highest BCUT2D eigenvalue weighted by Gasteiger charge is 2.20. The summed E-state index contributed by atoms with van der Waals surface area (Å²) in [6.45, 7) is 0. The van der Waals surface area contributed by atoms with Gasteiger partial charge in [0.25, 0.3) is 0 Å². The predicted molar refractivity (Wildman–Crippen MR) is 70.2 cm³/mol. The number of alkyl halides is 1. The van der Waals surface area contributed by atoms with Crippen molar-refractivity contribution in [2.75, 3.05) is 0 Å². The Hall–Kier alpha value is -0.560. The third-order valence-electron chi connectivity index (χ3n) is 3.17. The molecule has 0 aliphatic heterocycles. The van der Waals surface area contributed by atoms with E-state index < -0.39 is 0 Å². The van der Waals surface area contributed by atoms with E-state index in [1.54, 1.807) is 0 Å². The van der Waals surface area contributed by atoms with Crippen LogP contribution in [0.2, 0.25) is 0 Å². The summed E-state index contributed by atoms with van der Waals surface area (Å²) in [7, 11) is 0. The topological polar surface area (TPSA) is 23.8 Å². The summed E-state index contributed by atoms with van der Waals surface area (Å²) in [5, 5.41) is 8.72. The molecule has 1 fully saturated rings. The van der Waals surface area contributed by atoms with Gasteiger partial charge < -0.3 is 0 Å². The van der Waals surface area contributed by atoms with Crippen molar-refractivity contribution in [2.24, 2.45) is 0 Å². The van der Waals surface area contributed by atoms with E-state index in [1.165, 1.54) is 31.2 Å². The molecule has 0 amide bonds. The Morgan fingerprint density at radius 2 is 1.67 bits per heavy atom. The van der Waals surface area contributed by atoms with Crippen molar-refractivity contribution < 1.29 is 0 Å². The van der Waals surface area contributed by atoms with E-state index in [0.29, 0.717) is 0 Å². The standard InChI is InChI=1S/C13H14IN/c14-13-7-5-12(6-8-13)11-3-1-10(9-15)2-4-11/h1-4,12-13H,5-8H2. The molecule has 2 heteroatoms. The van der Waals surface area contributed by atoms with E-state index in [4.69, 9.17) is 5.26 Å². The second-order valence-electron chi connectivity index (χ2n) is 4.18. The van der Waals surface area contributed by atoms with Crippen LogP contribution in [-0.2, 0) is 0 Å². The first-order chi connectivity index (χ1) is 7.29. The minimum atomic E-state index is 0.726. The molecule has 0 bridgehead atoms. The number of rotatable bonds is 1. The molecule has 0 atom stereocenters. The molecule has 1 saturated carbocycles. The fourth-order valence-corrected chi connectivity index (χ4v) is 2.94. The normalized spacial score (nSPS) is 25.9. The van der Waals surface area contributed by atoms with Crippen molar-refractivity contribution in [3.05, 3.63) is 35.4 Å². The van der Waals surface area contributed by atoms with Crippen molar-refractivity contribution in [1.29, 1.82) is 5.26 Å². The number of nitrogens with zero attached hydrogens (tertiary/aromatic N) is 1. The van der Waals surface area contributed by atoms with Crippen LogP contribution in [0, 0.1) is 11.3 Å². The maximum absolute atomic E-state index is 8.72. The summed E-state index contributed by atoms with van der Waals surface area (Å²) in [5.74, 6) is 0.726. The molecule has 2 rings (SSSR count). The summed E-state index contributed by atoms with van der Waals surface area (Å²) >= 11 is 2.55. The lowest BCUT2D eigenvalue weighted by Gasteiger charge is -2.25. The van der Waals surface area contributed by atoms with Crippen molar-refractivity contribution in [1.82, 2.24) is 0 Å². The molecular formula is C13H14IN. The number of halogens is 1. The Morgan fingerprint density at radius 3 is 2.20 bits per heavy atom. The minimum absolute atomic E-state index is 0.726. The third kappa shape index (κ3) is 2.72. The monoisotopic (exact) mass is 311 g/mol. The molecule has 0 saturated heterocycles. The lowest BCUT2D eigenvalue weighted by Crippen LogP contribution is -2.12. The fourth-order valence-electron chi connectivity index (χ4n) is 2.22. The van der Waals surface area contributed by atoms with Gasteiger partial charge in [-0.1, -0.05) is 34.7 Å². The van der Waals surface area contributed by atoms with Crippen molar-refractivity contribution in [3.8, 4) is 6.07 Å². The molecule has 0 unspecified atom stereocenters. The van der Waals surface area contributed by atoms with Crippen LogP contribution in [-0.4, -0.2) is 3.92 Å². The van der Waals surface area contributed by atoms with E-state index in [9.17, 15) is 0 Å². The van der Waals surface area contributed by atoms with E-state index in [-0.39, 0.29) is 0 Å². The summed E-state index contributed by atoms with van der Waals surface area (Å²) in [4.78, 5) is 0. The van der Waals surface area contributed by atoms with Gasteiger partial charge in [-0.15, -0.1) is 0 Å². The van der Waals surface area contributed by atoms with Crippen LogP contribution in [0.3, 0.4) is 0 Å². The SMILES string of the molecule is N#Cc1ccc(C2CCC(I)CC2)cc1. The molecule has 0 N–H and O–H groups in total.